The molecule has 1 atom stereocenters. The van der Waals surface area contributed by atoms with Crippen molar-refractivity contribution >= 4 is 21.5 Å². The predicted molar refractivity (Wildman–Crippen MR) is 115 cm³/mol. The summed E-state index contributed by atoms with van der Waals surface area (Å²) in [5, 5.41) is 13.3. The standard InChI is InChI=1S/C22H25N3O5S/c1-30-15-16-5-4-9-24(14-16)31(28,29)21-7-3-2-6-19(21)17-8-10-25-20(11-17)18(13-23-25)12-22(26)27/h2-3,6-8,10-11,13,16H,4-5,9,12,14-15H2,1H3,(H,26,27). The van der Waals surface area contributed by atoms with Crippen molar-refractivity contribution in [1.29, 1.82) is 0 Å². The molecule has 1 unspecified atom stereocenters. The van der Waals surface area contributed by atoms with Crippen molar-refractivity contribution in [3.63, 3.8) is 0 Å². The molecule has 3 heterocycles. The predicted octanol–water partition coefficient (Wildman–Crippen LogP) is 2.68. The zero-order valence-electron chi connectivity index (χ0n) is 17.3. The number of aliphatic carboxylic acids is 1. The molecule has 0 amide bonds. The number of sulfonamides is 1. The van der Waals surface area contributed by atoms with Gasteiger partial charge in [0.25, 0.3) is 0 Å². The lowest BCUT2D eigenvalue weighted by Gasteiger charge is -2.32. The largest absolute Gasteiger partial charge is 0.481 e. The molecule has 0 aliphatic carbocycles. The van der Waals surface area contributed by atoms with Gasteiger partial charge in [0, 0.05) is 37.5 Å². The Morgan fingerprint density at radius 2 is 2.10 bits per heavy atom. The first-order valence-electron chi connectivity index (χ1n) is 10.2. The van der Waals surface area contributed by atoms with Gasteiger partial charge in [-0.3, -0.25) is 4.79 Å². The maximum atomic E-state index is 13.5. The van der Waals surface area contributed by atoms with E-state index < -0.39 is 16.0 Å². The van der Waals surface area contributed by atoms with E-state index in [0.29, 0.717) is 41.9 Å². The second-order valence-electron chi connectivity index (χ2n) is 7.81. The van der Waals surface area contributed by atoms with Crippen LogP contribution in [0.15, 0.2) is 53.7 Å². The number of fused-ring (bicyclic) bond motifs is 1. The number of aromatic nitrogens is 2. The molecule has 0 spiro atoms. The molecule has 0 bridgehead atoms. The van der Waals surface area contributed by atoms with Crippen molar-refractivity contribution in [3.8, 4) is 11.1 Å². The third-order valence-corrected chi connectivity index (χ3v) is 7.57. The molecular weight excluding hydrogens is 418 g/mol. The first-order chi connectivity index (χ1) is 14.9. The van der Waals surface area contributed by atoms with E-state index in [4.69, 9.17) is 9.84 Å². The summed E-state index contributed by atoms with van der Waals surface area (Å²) in [4.78, 5) is 11.4. The summed E-state index contributed by atoms with van der Waals surface area (Å²) >= 11 is 0. The van der Waals surface area contributed by atoms with Gasteiger partial charge in [-0.25, -0.2) is 12.9 Å². The number of hydrogen-bond acceptors (Lipinski definition) is 5. The van der Waals surface area contributed by atoms with Gasteiger partial charge in [-0.2, -0.15) is 9.40 Å². The Kier molecular flexibility index (Phi) is 6.08. The number of carboxylic acids is 1. The number of ether oxygens (including phenoxy) is 1. The zero-order chi connectivity index (χ0) is 22.0. The third kappa shape index (κ3) is 4.34. The van der Waals surface area contributed by atoms with Crippen molar-refractivity contribution in [2.24, 2.45) is 5.92 Å². The minimum absolute atomic E-state index is 0.151. The van der Waals surface area contributed by atoms with E-state index in [1.165, 1.54) is 6.20 Å². The zero-order valence-corrected chi connectivity index (χ0v) is 18.1. The monoisotopic (exact) mass is 443 g/mol. The molecule has 1 aromatic carbocycles. The Morgan fingerprint density at radius 3 is 2.87 bits per heavy atom. The molecule has 2 aromatic heterocycles. The number of hydrogen-bond donors (Lipinski definition) is 1. The van der Waals surface area contributed by atoms with E-state index in [2.05, 4.69) is 5.10 Å². The van der Waals surface area contributed by atoms with E-state index in [-0.39, 0.29) is 17.2 Å². The topological polar surface area (TPSA) is 101 Å². The summed E-state index contributed by atoms with van der Waals surface area (Å²) < 4.78 is 35.5. The van der Waals surface area contributed by atoms with Crippen LogP contribution in [0.3, 0.4) is 0 Å². The molecule has 1 aliphatic heterocycles. The van der Waals surface area contributed by atoms with Gasteiger partial charge in [0.2, 0.25) is 10.0 Å². The van der Waals surface area contributed by atoms with Crippen LogP contribution in [0.5, 0.6) is 0 Å². The summed E-state index contributed by atoms with van der Waals surface area (Å²) in [5.41, 5.74) is 2.50. The van der Waals surface area contributed by atoms with Crippen LogP contribution in [-0.4, -0.2) is 60.2 Å². The maximum Gasteiger partial charge on any atom is 0.307 e. The molecule has 0 radical (unpaired) electrons. The first-order valence-corrected chi connectivity index (χ1v) is 11.6. The van der Waals surface area contributed by atoms with Gasteiger partial charge in [0.15, 0.2) is 0 Å². The van der Waals surface area contributed by atoms with Crippen molar-refractivity contribution in [2.75, 3.05) is 26.8 Å². The smallest absolute Gasteiger partial charge is 0.307 e. The van der Waals surface area contributed by atoms with Crippen molar-refractivity contribution < 1.29 is 23.1 Å². The number of rotatable bonds is 7. The highest BCUT2D eigenvalue weighted by Gasteiger charge is 2.32. The Balaban J connectivity index is 1.74. The van der Waals surface area contributed by atoms with Gasteiger partial charge in [0.1, 0.15) is 0 Å². The summed E-state index contributed by atoms with van der Waals surface area (Å²) in [7, 11) is -2.07. The van der Waals surface area contributed by atoms with Crippen molar-refractivity contribution in [2.45, 2.75) is 24.2 Å². The number of piperidine rings is 1. The SMILES string of the molecule is COCC1CCCN(S(=O)(=O)c2ccccc2-c2ccn3ncc(CC(=O)O)c3c2)C1. The van der Waals surface area contributed by atoms with Crippen LogP contribution in [-0.2, 0) is 26.0 Å². The Hall–Kier alpha value is -2.75. The minimum Gasteiger partial charge on any atom is -0.481 e. The highest BCUT2D eigenvalue weighted by molar-refractivity contribution is 7.89. The van der Waals surface area contributed by atoms with Gasteiger partial charge in [-0.1, -0.05) is 18.2 Å². The number of carboxylic acid groups (broad SMARTS) is 1. The van der Waals surface area contributed by atoms with Crippen LogP contribution < -0.4 is 0 Å². The molecule has 164 valence electrons. The van der Waals surface area contributed by atoms with E-state index in [1.54, 1.807) is 58.5 Å². The maximum absolute atomic E-state index is 13.5. The Bertz CT molecular complexity index is 1200. The Labute approximate surface area is 181 Å². The first kappa shape index (κ1) is 21.5. The molecule has 1 N–H and O–H groups in total. The second-order valence-corrected chi connectivity index (χ2v) is 9.71. The number of carbonyl (C=O) groups is 1. The molecule has 1 saturated heterocycles. The van der Waals surface area contributed by atoms with Gasteiger partial charge < -0.3 is 9.84 Å². The number of pyridine rings is 1. The lowest BCUT2D eigenvalue weighted by atomic mass is 10.0. The lowest BCUT2D eigenvalue weighted by Crippen LogP contribution is -2.41. The molecule has 0 saturated carbocycles. The van der Waals surface area contributed by atoms with Crippen LogP contribution >= 0.6 is 0 Å². The summed E-state index contributed by atoms with van der Waals surface area (Å²) in [5.74, 6) is -0.763. The quantitative estimate of drug-likeness (QED) is 0.603. The molecule has 3 aromatic rings. The molecular formula is C22H25N3O5S. The van der Waals surface area contributed by atoms with E-state index >= 15 is 0 Å². The fraction of sp³-hybridized carbons (Fsp3) is 0.364. The highest BCUT2D eigenvalue weighted by Crippen LogP contribution is 2.32. The highest BCUT2D eigenvalue weighted by atomic mass is 32.2. The van der Waals surface area contributed by atoms with Crippen LogP contribution in [0.4, 0.5) is 0 Å². The van der Waals surface area contributed by atoms with Crippen LogP contribution in [0, 0.1) is 5.92 Å². The van der Waals surface area contributed by atoms with Crippen LogP contribution in [0.25, 0.3) is 16.6 Å². The fourth-order valence-corrected chi connectivity index (χ4v) is 5.95. The molecule has 9 heteroatoms. The van der Waals surface area contributed by atoms with Gasteiger partial charge in [-0.05, 0) is 42.5 Å². The summed E-state index contributed by atoms with van der Waals surface area (Å²) in [6.07, 6.45) is 4.84. The fourth-order valence-electron chi connectivity index (χ4n) is 4.18. The minimum atomic E-state index is -3.70. The third-order valence-electron chi connectivity index (χ3n) is 5.64. The lowest BCUT2D eigenvalue weighted by molar-refractivity contribution is -0.136. The second kappa shape index (κ2) is 8.78. The summed E-state index contributed by atoms with van der Waals surface area (Å²) in [6.45, 7) is 1.47. The van der Waals surface area contributed by atoms with Crippen molar-refractivity contribution in [1.82, 2.24) is 13.9 Å². The van der Waals surface area contributed by atoms with E-state index in [0.717, 1.165) is 12.8 Å². The average molecular weight is 444 g/mol. The molecule has 8 nitrogen and oxygen atoms in total. The van der Waals surface area contributed by atoms with E-state index in [9.17, 15) is 13.2 Å². The molecule has 31 heavy (non-hydrogen) atoms. The van der Waals surface area contributed by atoms with Crippen LogP contribution in [0.1, 0.15) is 18.4 Å². The number of benzene rings is 1. The summed E-state index contributed by atoms with van der Waals surface area (Å²) in [6, 6.07) is 10.5. The van der Waals surface area contributed by atoms with Crippen molar-refractivity contribution in [3.05, 3.63) is 54.4 Å². The average Bonchev–Trinajstić information content (AvgIpc) is 3.15. The number of methoxy groups -OCH3 is 1. The molecule has 1 fully saturated rings. The van der Waals surface area contributed by atoms with Gasteiger partial charge in [-0.15, -0.1) is 0 Å². The van der Waals surface area contributed by atoms with Gasteiger partial charge in [0.05, 0.1) is 29.6 Å². The van der Waals surface area contributed by atoms with E-state index in [1.807, 2.05) is 0 Å². The van der Waals surface area contributed by atoms with Crippen LogP contribution in [0.2, 0.25) is 0 Å². The molecule has 1 aliphatic rings. The normalized spacial score (nSPS) is 17.8. The number of nitrogens with zero attached hydrogens (tertiary/aromatic N) is 3. The van der Waals surface area contributed by atoms with Gasteiger partial charge >= 0.3 is 5.97 Å². The Morgan fingerprint density at radius 1 is 1.29 bits per heavy atom. The molecule has 4 rings (SSSR count).